The number of aryl methyl sites for hydroxylation is 1. The molecule has 1 saturated heterocycles. The van der Waals surface area contributed by atoms with Gasteiger partial charge in [0.25, 0.3) is 5.91 Å². The van der Waals surface area contributed by atoms with Gasteiger partial charge in [-0.25, -0.2) is 14.5 Å². The summed E-state index contributed by atoms with van der Waals surface area (Å²) in [5.74, 6) is 0.102. The van der Waals surface area contributed by atoms with Crippen LogP contribution in [-0.4, -0.2) is 73.5 Å². The predicted molar refractivity (Wildman–Crippen MR) is 104 cm³/mol. The number of ether oxygens (including phenoxy) is 1. The molecule has 2 aromatic heterocycles. The average molecular weight is 417 g/mol. The largest absolute Gasteiger partial charge is 0.438 e. The zero-order valence-corrected chi connectivity index (χ0v) is 17.6. The van der Waals surface area contributed by atoms with E-state index in [0.29, 0.717) is 63.7 Å². The lowest BCUT2D eigenvalue weighted by Gasteiger charge is -2.33. The van der Waals surface area contributed by atoms with E-state index in [2.05, 4.69) is 20.6 Å². The smallest absolute Gasteiger partial charge is 0.317 e. The number of carbonyl (C=O) groups is 2. The quantitative estimate of drug-likeness (QED) is 0.769. The van der Waals surface area contributed by atoms with Crippen molar-refractivity contribution in [2.45, 2.75) is 52.5 Å². The third kappa shape index (κ3) is 3.64. The molecule has 2 aliphatic heterocycles. The second kappa shape index (κ2) is 8.05. The maximum atomic E-state index is 12.7. The minimum atomic E-state index is -0.494. The van der Waals surface area contributed by atoms with Crippen LogP contribution in [0.3, 0.4) is 0 Å². The number of hydrogen-bond donors (Lipinski definition) is 1. The van der Waals surface area contributed by atoms with Gasteiger partial charge in [0.15, 0.2) is 6.39 Å². The summed E-state index contributed by atoms with van der Waals surface area (Å²) in [6.07, 6.45) is 1.99. The third-order valence-electron chi connectivity index (χ3n) is 5.87. The van der Waals surface area contributed by atoms with E-state index in [1.165, 1.54) is 6.39 Å². The molecule has 4 rings (SSSR count). The maximum absolute atomic E-state index is 12.7. The van der Waals surface area contributed by atoms with E-state index < -0.39 is 5.60 Å². The Labute approximate surface area is 174 Å². The first kappa shape index (κ1) is 20.3. The fourth-order valence-corrected chi connectivity index (χ4v) is 4.03. The van der Waals surface area contributed by atoms with Crippen molar-refractivity contribution in [1.29, 1.82) is 0 Å². The van der Waals surface area contributed by atoms with Gasteiger partial charge < -0.3 is 24.3 Å². The molecule has 2 aromatic rings. The lowest BCUT2D eigenvalue weighted by Crippen LogP contribution is -2.45. The summed E-state index contributed by atoms with van der Waals surface area (Å²) in [7, 11) is 0. The number of nitrogens with zero attached hydrogens (tertiary/aromatic N) is 6. The maximum Gasteiger partial charge on any atom is 0.317 e. The summed E-state index contributed by atoms with van der Waals surface area (Å²) in [4.78, 5) is 32.3. The summed E-state index contributed by atoms with van der Waals surface area (Å²) < 4.78 is 13.3. The van der Waals surface area contributed by atoms with Crippen LogP contribution in [0, 0.1) is 6.92 Å². The number of likely N-dealkylation sites (tertiary alicyclic amines) is 1. The lowest BCUT2D eigenvalue weighted by molar-refractivity contribution is -0.0829. The number of nitrogens with one attached hydrogen (secondary N) is 1. The van der Waals surface area contributed by atoms with Gasteiger partial charge in [0, 0.05) is 19.6 Å². The number of fused-ring (bicyclic) bond motifs is 1. The summed E-state index contributed by atoms with van der Waals surface area (Å²) in [6.45, 7) is 9.12. The van der Waals surface area contributed by atoms with Gasteiger partial charge in [-0.15, -0.1) is 5.10 Å². The molecule has 0 saturated carbocycles. The zero-order chi connectivity index (χ0) is 21.3. The van der Waals surface area contributed by atoms with E-state index in [0.717, 1.165) is 5.69 Å². The molecule has 162 valence electrons. The molecular weight excluding hydrogens is 390 g/mol. The topological polar surface area (TPSA) is 119 Å². The van der Waals surface area contributed by atoms with Crippen LogP contribution in [0.15, 0.2) is 10.8 Å². The second-order valence-electron chi connectivity index (χ2n) is 7.69. The molecule has 11 heteroatoms. The van der Waals surface area contributed by atoms with Crippen molar-refractivity contribution in [3.05, 3.63) is 29.2 Å². The molecule has 0 aliphatic carbocycles. The molecule has 4 heterocycles. The minimum absolute atomic E-state index is 0.123. The van der Waals surface area contributed by atoms with Crippen LogP contribution in [-0.2, 0) is 24.4 Å². The number of amides is 3. The first-order valence-corrected chi connectivity index (χ1v) is 10.2. The Hall–Kier alpha value is -2.95. The SMILES string of the molecule is CCN(CC)C(=O)NCc1nnn2c1COC1(CCN(C(=O)c3ocnc3C)C1)C2. The average Bonchev–Trinajstić information content (AvgIpc) is 3.46. The van der Waals surface area contributed by atoms with Crippen LogP contribution in [0.4, 0.5) is 4.79 Å². The molecule has 0 radical (unpaired) electrons. The van der Waals surface area contributed by atoms with Crippen molar-refractivity contribution in [3.8, 4) is 0 Å². The van der Waals surface area contributed by atoms with Gasteiger partial charge in [0.1, 0.15) is 11.3 Å². The predicted octanol–water partition coefficient (Wildman–Crippen LogP) is 0.941. The van der Waals surface area contributed by atoms with Gasteiger partial charge in [-0.05, 0) is 27.2 Å². The van der Waals surface area contributed by atoms with E-state index in [4.69, 9.17) is 9.15 Å². The van der Waals surface area contributed by atoms with Gasteiger partial charge in [-0.1, -0.05) is 5.21 Å². The van der Waals surface area contributed by atoms with E-state index in [1.807, 2.05) is 18.5 Å². The monoisotopic (exact) mass is 417 g/mol. The molecule has 1 fully saturated rings. The summed E-state index contributed by atoms with van der Waals surface area (Å²) in [6, 6.07) is -0.123. The van der Waals surface area contributed by atoms with Crippen LogP contribution in [0.2, 0.25) is 0 Å². The van der Waals surface area contributed by atoms with E-state index in [-0.39, 0.29) is 17.7 Å². The standard InChI is InChI=1S/C19H27N7O4/c1-4-24(5-2)18(28)20-8-14-15-9-30-19(11-26(15)23-22-14)6-7-25(10-19)17(27)16-13(3)21-12-29-16/h12H,4-11H2,1-3H3,(H,20,28). The summed E-state index contributed by atoms with van der Waals surface area (Å²) in [5, 5.41) is 11.4. The number of hydrogen-bond acceptors (Lipinski definition) is 7. The van der Waals surface area contributed by atoms with Crippen molar-refractivity contribution in [2.24, 2.45) is 0 Å². The number of rotatable bonds is 5. The highest BCUT2D eigenvalue weighted by Gasteiger charge is 2.45. The van der Waals surface area contributed by atoms with Crippen LogP contribution < -0.4 is 5.32 Å². The molecule has 30 heavy (non-hydrogen) atoms. The Kier molecular flexibility index (Phi) is 5.46. The zero-order valence-electron chi connectivity index (χ0n) is 17.6. The molecule has 3 amide bonds. The van der Waals surface area contributed by atoms with Crippen LogP contribution in [0.1, 0.15) is 47.9 Å². The van der Waals surface area contributed by atoms with Crippen LogP contribution in [0.5, 0.6) is 0 Å². The van der Waals surface area contributed by atoms with Crippen LogP contribution >= 0.6 is 0 Å². The van der Waals surface area contributed by atoms with Crippen molar-refractivity contribution < 1.29 is 18.7 Å². The molecular formula is C19H27N7O4. The number of aromatic nitrogens is 4. The Balaban J connectivity index is 1.40. The van der Waals surface area contributed by atoms with Gasteiger partial charge in [-0.3, -0.25) is 4.79 Å². The molecule has 1 spiro atoms. The van der Waals surface area contributed by atoms with E-state index >= 15 is 0 Å². The molecule has 1 N–H and O–H groups in total. The minimum Gasteiger partial charge on any atom is -0.438 e. The highest BCUT2D eigenvalue weighted by Crippen LogP contribution is 2.33. The Bertz CT molecular complexity index is 935. The lowest BCUT2D eigenvalue weighted by atomic mass is 10.0. The van der Waals surface area contributed by atoms with Gasteiger partial charge >= 0.3 is 6.03 Å². The van der Waals surface area contributed by atoms with E-state index in [1.54, 1.807) is 16.7 Å². The molecule has 0 aromatic carbocycles. The normalized spacial score (nSPS) is 20.4. The second-order valence-corrected chi connectivity index (χ2v) is 7.69. The molecule has 1 atom stereocenters. The fourth-order valence-electron chi connectivity index (χ4n) is 4.03. The van der Waals surface area contributed by atoms with Crippen molar-refractivity contribution in [1.82, 2.24) is 35.1 Å². The molecule has 1 unspecified atom stereocenters. The van der Waals surface area contributed by atoms with Gasteiger partial charge in [0.2, 0.25) is 5.76 Å². The Morgan fingerprint density at radius 1 is 1.30 bits per heavy atom. The molecule has 0 bridgehead atoms. The first-order chi connectivity index (χ1) is 14.5. The number of carbonyl (C=O) groups excluding carboxylic acids is 2. The summed E-state index contributed by atoms with van der Waals surface area (Å²) in [5.41, 5.74) is 1.65. The highest BCUT2D eigenvalue weighted by atomic mass is 16.5. The Morgan fingerprint density at radius 3 is 2.80 bits per heavy atom. The van der Waals surface area contributed by atoms with E-state index in [9.17, 15) is 9.59 Å². The highest BCUT2D eigenvalue weighted by molar-refractivity contribution is 5.92. The number of oxazole rings is 1. The van der Waals surface area contributed by atoms with Crippen molar-refractivity contribution >= 4 is 11.9 Å². The fraction of sp³-hybridized carbons (Fsp3) is 0.632. The van der Waals surface area contributed by atoms with Crippen LogP contribution in [0.25, 0.3) is 0 Å². The molecule has 11 nitrogen and oxygen atoms in total. The first-order valence-electron chi connectivity index (χ1n) is 10.2. The van der Waals surface area contributed by atoms with Crippen molar-refractivity contribution in [3.63, 3.8) is 0 Å². The third-order valence-corrected chi connectivity index (χ3v) is 5.87. The van der Waals surface area contributed by atoms with Gasteiger partial charge in [0.05, 0.1) is 37.6 Å². The molecule has 2 aliphatic rings. The Morgan fingerprint density at radius 2 is 2.10 bits per heavy atom. The summed E-state index contributed by atoms with van der Waals surface area (Å²) >= 11 is 0. The van der Waals surface area contributed by atoms with Gasteiger partial charge in [-0.2, -0.15) is 0 Å². The van der Waals surface area contributed by atoms with Crippen molar-refractivity contribution in [2.75, 3.05) is 26.2 Å². The number of urea groups is 1.